The molecule has 1 aromatic rings. The van der Waals surface area contributed by atoms with Gasteiger partial charge >= 0.3 is 5.97 Å². The molecule has 6 heteroatoms. The van der Waals surface area contributed by atoms with Crippen LogP contribution in [0.15, 0.2) is 40.1 Å². The van der Waals surface area contributed by atoms with Gasteiger partial charge in [0.2, 0.25) is 9.84 Å². The van der Waals surface area contributed by atoms with Crippen molar-refractivity contribution in [1.29, 1.82) is 0 Å². The molecule has 2 N–H and O–H groups in total. The van der Waals surface area contributed by atoms with E-state index in [1.165, 1.54) is 18.2 Å². The normalized spacial score (nSPS) is 18.3. The van der Waals surface area contributed by atoms with E-state index < -0.39 is 21.4 Å². The Bertz CT molecular complexity index is 710. The van der Waals surface area contributed by atoms with Crippen LogP contribution in [0.25, 0.3) is 0 Å². The fraction of sp³-hybridized carbons (Fsp3) is 0.500. The Morgan fingerprint density at radius 3 is 2.29 bits per heavy atom. The van der Waals surface area contributed by atoms with Crippen LogP contribution in [-0.2, 0) is 14.6 Å². The van der Waals surface area contributed by atoms with E-state index in [1.807, 2.05) is 6.92 Å². The molecule has 0 amide bonds. The molecule has 0 bridgehead atoms. The van der Waals surface area contributed by atoms with Crippen LogP contribution in [0.1, 0.15) is 50.5 Å². The van der Waals surface area contributed by atoms with Crippen LogP contribution in [0.3, 0.4) is 0 Å². The Labute approximate surface area is 142 Å². The molecule has 1 aliphatic carbocycles. The third-order valence-corrected chi connectivity index (χ3v) is 6.47. The molecule has 0 atom stereocenters. The topological polar surface area (TPSA) is 91.7 Å². The molecule has 1 fully saturated rings. The van der Waals surface area contributed by atoms with E-state index in [2.05, 4.69) is 0 Å². The van der Waals surface area contributed by atoms with Crippen molar-refractivity contribution in [3.05, 3.63) is 40.8 Å². The van der Waals surface area contributed by atoms with Crippen molar-refractivity contribution in [2.45, 2.75) is 62.4 Å². The number of carbonyl (C=O) groups is 1. The van der Waals surface area contributed by atoms with Gasteiger partial charge < -0.3 is 10.2 Å². The van der Waals surface area contributed by atoms with Gasteiger partial charge in [0.1, 0.15) is 5.60 Å². The number of aliphatic carboxylic acids is 1. The summed E-state index contributed by atoms with van der Waals surface area (Å²) in [5, 5.41) is 19.8. The molecule has 0 aliphatic heterocycles. The summed E-state index contributed by atoms with van der Waals surface area (Å²) >= 11 is 0. The lowest BCUT2D eigenvalue weighted by Crippen LogP contribution is -2.37. The number of benzene rings is 1. The first-order chi connectivity index (χ1) is 11.3. The highest BCUT2D eigenvalue weighted by Gasteiger charge is 2.40. The van der Waals surface area contributed by atoms with Crippen LogP contribution in [0.4, 0.5) is 0 Å². The number of rotatable bonds is 6. The summed E-state index contributed by atoms with van der Waals surface area (Å²) in [5.41, 5.74) is -0.456. The summed E-state index contributed by atoms with van der Waals surface area (Å²) in [6.07, 6.45) is 4.57. The minimum atomic E-state index is -3.86. The number of hydrogen-bond acceptors (Lipinski definition) is 4. The minimum absolute atomic E-state index is 0.0418. The molecule has 1 aromatic carbocycles. The Morgan fingerprint density at radius 1 is 1.17 bits per heavy atom. The molecule has 1 saturated carbocycles. The van der Waals surface area contributed by atoms with Crippen molar-refractivity contribution in [2.75, 3.05) is 0 Å². The van der Waals surface area contributed by atoms with Crippen molar-refractivity contribution >= 4 is 15.8 Å². The van der Waals surface area contributed by atoms with Crippen molar-refractivity contribution in [1.82, 2.24) is 0 Å². The smallest absolute Gasteiger partial charge is 0.303 e. The molecular weight excluding hydrogens is 328 g/mol. The zero-order valence-corrected chi connectivity index (χ0v) is 14.7. The molecular formula is C18H24O5S. The molecule has 5 nitrogen and oxygen atoms in total. The van der Waals surface area contributed by atoms with Crippen LogP contribution >= 0.6 is 0 Å². The Kier molecular flexibility index (Phi) is 5.83. The third-order valence-electron chi connectivity index (χ3n) is 4.45. The van der Waals surface area contributed by atoms with Crippen molar-refractivity contribution in [2.24, 2.45) is 0 Å². The summed E-state index contributed by atoms with van der Waals surface area (Å²) in [4.78, 5) is 10.8. The Hall–Kier alpha value is -1.66. The lowest BCUT2D eigenvalue weighted by atomic mass is 9.84. The molecule has 0 unspecified atom stereocenters. The van der Waals surface area contributed by atoms with Crippen LogP contribution in [0.5, 0.6) is 0 Å². The maximum absolute atomic E-state index is 13.0. The maximum Gasteiger partial charge on any atom is 0.303 e. The van der Waals surface area contributed by atoms with E-state index in [0.717, 1.165) is 24.8 Å². The van der Waals surface area contributed by atoms with Crippen LogP contribution in [0, 0.1) is 6.92 Å². The van der Waals surface area contributed by atoms with E-state index in [-0.39, 0.29) is 22.6 Å². The van der Waals surface area contributed by atoms with Gasteiger partial charge in [-0.25, -0.2) is 8.42 Å². The molecule has 132 valence electrons. The molecule has 0 heterocycles. The maximum atomic E-state index is 13.0. The van der Waals surface area contributed by atoms with Gasteiger partial charge in [-0.1, -0.05) is 43.0 Å². The monoisotopic (exact) mass is 352 g/mol. The highest BCUT2D eigenvalue weighted by atomic mass is 32.2. The summed E-state index contributed by atoms with van der Waals surface area (Å²) in [7, 11) is -3.86. The second-order valence-corrected chi connectivity index (χ2v) is 8.33. The number of aryl methyl sites for hydroxylation is 1. The van der Waals surface area contributed by atoms with Gasteiger partial charge in [0.15, 0.2) is 0 Å². The predicted molar refractivity (Wildman–Crippen MR) is 91.4 cm³/mol. The Morgan fingerprint density at radius 2 is 1.75 bits per heavy atom. The lowest BCUT2D eigenvalue weighted by molar-refractivity contribution is -0.136. The zero-order valence-electron chi connectivity index (χ0n) is 13.9. The van der Waals surface area contributed by atoms with Crippen LogP contribution < -0.4 is 0 Å². The molecule has 0 spiro atoms. The third kappa shape index (κ3) is 4.24. The fourth-order valence-electron chi connectivity index (χ4n) is 3.10. The molecule has 24 heavy (non-hydrogen) atoms. The fourth-order valence-corrected chi connectivity index (χ4v) is 4.89. The largest absolute Gasteiger partial charge is 0.481 e. The first-order valence-corrected chi connectivity index (χ1v) is 9.71. The quantitative estimate of drug-likeness (QED) is 0.820. The summed E-state index contributed by atoms with van der Waals surface area (Å²) in [5.74, 6) is -0.992. The van der Waals surface area contributed by atoms with Gasteiger partial charge in [0, 0.05) is 6.42 Å². The molecule has 1 aliphatic rings. The number of carboxylic acid groups (broad SMARTS) is 1. The summed E-state index contributed by atoms with van der Waals surface area (Å²) < 4.78 is 26.1. The van der Waals surface area contributed by atoms with E-state index in [1.54, 1.807) is 12.1 Å². The summed E-state index contributed by atoms with van der Waals surface area (Å²) in [6, 6.07) is 6.49. The molecule has 0 aromatic heterocycles. The van der Waals surface area contributed by atoms with E-state index in [9.17, 15) is 18.3 Å². The zero-order chi connectivity index (χ0) is 17.8. The molecule has 0 radical (unpaired) electrons. The molecule has 0 saturated heterocycles. The lowest BCUT2D eigenvalue weighted by Gasteiger charge is -2.34. The first-order valence-electron chi connectivity index (χ1n) is 8.22. The number of sulfone groups is 1. The van der Waals surface area contributed by atoms with Crippen molar-refractivity contribution in [3.8, 4) is 0 Å². The SMILES string of the molecule is Cc1ccc(S(=O)(=O)/C(=C/CCC(=O)O)C2(O)CCCCC2)cc1. The Balaban J connectivity index is 2.44. The highest BCUT2D eigenvalue weighted by Crippen LogP contribution is 2.39. The standard InChI is InChI=1S/C18H24O5S/c1-14-8-10-15(11-9-14)24(22,23)16(6-5-7-17(19)20)18(21)12-3-2-4-13-18/h6,8-11,21H,2-5,7,12-13H2,1H3,(H,19,20)/b16-6+. The van der Waals surface area contributed by atoms with E-state index >= 15 is 0 Å². The van der Waals surface area contributed by atoms with E-state index in [0.29, 0.717) is 12.8 Å². The van der Waals surface area contributed by atoms with E-state index in [4.69, 9.17) is 5.11 Å². The second-order valence-electron chi connectivity index (χ2n) is 6.41. The van der Waals surface area contributed by atoms with Gasteiger partial charge in [0.25, 0.3) is 0 Å². The number of hydrogen-bond donors (Lipinski definition) is 2. The second kappa shape index (κ2) is 7.49. The van der Waals surface area contributed by atoms with Crippen molar-refractivity contribution in [3.63, 3.8) is 0 Å². The van der Waals surface area contributed by atoms with Gasteiger partial charge in [-0.2, -0.15) is 0 Å². The summed E-state index contributed by atoms with van der Waals surface area (Å²) in [6.45, 7) is 1.87. The van der Waals surface area contributed by atoms with Crippen molar-refractivity contribution < 1.29 is 23.4 Å². The minimum Gasteiger partial charge on any atom is -0.481 e. The number of aliphatic hydroxyl groups is 1. The van der Waals surface area contributed by atoms with Crippen LogP contribution in [0.2, 0.25) is 0 Å². The first kappa shape index (κ1) is 18.7. The van der Waals surface area contributed by atoms with Gasteiger partial charge in [-0.3, -0.25) is 4.79 Å². The van der Waals surface area contributed by atoms with Crippen LogP contribution in [-0.4, -0.2) is 30.2 Å². The highest BCUT2D eigenvalue weighted by molar-refractivity contribution is 7.95. The number of allylic oxidation sites excluding steroid dienone is 1. The van der Waals surface area contributed by atoms with Gasteiger partial charge in [-0.05, 0) is 38.3 Å². The average molecular weight is 352 g/mol. The van der Waals surface area contributed by atoms with Gasteiger partial charge in [0.05, 0.1) is 9.80 Å². The molecule has 2 rings (SSSR count). The number of carboxylic acids is 1. The average Bonchev–Trinajstić information content (AvgIpc) is 2.52. The van der Waals surface area contributed by atoms with Gasteiger partial charge in [-0.15, -0.1) is 0 Å². The predicted octanol–water partition coefficient (Wildman–Crippen LogP) is 3.21.